The Morgan fingerprint density at radius 1 is 0.935 bits per heavy atom. The van der Waals surface area contributed by atoms with Crippen molar-refractivity contribution in [3.63, 3.8) is 0 Å². The van der Waals surface area contributed by atoms with E-state index in [9.17, 15) is 18.5 Å². The van der Waals surface area contributed by atoms with Gasteiger partial charge in [0, 0.05) is 29.0 Å². The maximum Gasteiger partial charge on any atom is 0.283 e. The first-order valence-electron chi connectivity index (χ1n) is 9.23. The molecule has 0 atom stereocenters. The van der Waals surface area contributed by atoms with Gasteiger partial charge < -0.3 is 4.57 Å². The van der Waals surface area contributed by atoms with E-state index in [0.29, 0.717) is 16.8 Å². The van der Waals surface area contributed by atoms with Crippen molar-refractivity contribution in [2.45, 2.75) is 4.90 Å². The van der Waals surface area contributed by atoms with Gasteiger partial charge in [-0.1, -0.05) is 46.3 Å². The molecular weight excluding hydrogens is 478 g/mol. The fourth-order valence-electron chi connectivity index (χ4n) is 3.40. The molecule has 2 heterocycles. The van der Waals surface area contributed by atoms with E-state index in [0.717, 1.165) is 8.45 Å². The summed E-state index contributed by atoms with van der Waals surface area (Å²) in [5, 5.41) is 9.77. The maximum absolute atomic E-state index is 13.5. The van der Waals surface area contributed by atoms with E-state index in [1.54, 1.807) is 78.5 Å². The molecule has 0 aliphatic rings. The molecule has 6 nitrogen and oxygen atoms in total. The van der Waals surface area contributed by atoms with Gasteiger partial charge in [-0.2, -0.15) is 9.23 Å². The predicted molar refractivity (Wildman–Crippen MR) is 122 cm³/mol. The third-order valence-electron chi connectivity index (χ3n) is 4.92. The molecule has 0 bridgehead atoms. The molecule has 4 aromatic rings. The third kappa shape index (κ3) is 3.63. The summed E-state index contributed by atoms with van der Waals surface area (Å²) in [5.74, 6) is 0. The number of aromatic nitrogens is 2. The zero-order chi connectivity index (χ0) is 22.2. The Morgan fingerprint density at radius 2 is 1.61 bits per heavy atom. The fourth-order valence-corrected chi connectivity index (χ4v) is 5.11. The number of nitriles is 1. The largest absolute Gasteiger partial charge is 0.351 e. The molecule has 0 fully saturated rings. The van der Waals surface area contributed by atoms with Gasteiger partial charge in [-0.05, 0) is 48.0 Å². The monoisotopic (exact) mass is 493 g/mol. The number of halogens is 1. The molecule has 0 saturated carbocycles. The Labute approximate surface area is 187 Å². The SMILES string of the molecule is Cn1cccc1-c1cc(-c2ccc(Br)cc2)n(S(=O)(=O)c2ccccc2)c(=O)c1C#N. The van der Waals surface area contributed by atoms with Gasteiger partial charge in [0.2, 0.25) is 0 Å². The van der Waals surface area contributed by atoms with E-state index in [2.05, 4.69) is 15.9 Å². The molecule has 0 spiro atoms. The highest BCUT2D eigenvalue weighted by Gasteiger charge is 2.27. The van der Waals surface area contributed by atoms with Crippen molar-refractivity contribution in [3.05, 3.63) is 99.4 Å². The molecule has 154 valence electrons. The summed E-state index contributed by atoms with van der Waals surface area (Å²) in [4.78, 5) is 13.4. The second kappa shape index (κ2) is 8.02. The van der Waals surface area contributed by atoms with Crippen molar-refractivity contribution in [2.75, 3.05) is 0 Å². The van der Waals surface area contributed by atoms with Crippen LogP contribution in [0.25, 0.3) is 22.5 Å². The molecule has 8 heteroatoms. The fraction of sp³-hybridized carbons (Fsp3) is 0.0435. The Bertz CT molecular complexity index is 1480. The highest BCUT2D eigenvalue weighted by atomic mass is 79.9. The first kappa shape index (κ1) is 20.8. The van der Waals surface area contributed by atoms with Crippen LogP contribution in [0.1, 0.15) is 5.56 Å². The molecule has 0 amide bonds. The van der Waals surface area contributed by atoms with Crippen LogP contribution in [-0.4, -0.2) is 17.0 Å². The van der Waals surface area contributed by atoms with Gasteiger partial charge in [0.15, 0.2) is 0 Å². The van der Waals surface area contributed by atoms with Crippen LogP contribution in [-0.2, 0) is 17.1 Å². The molecule has 31 heavy (non-hydrogen) atoms. The van der Waals surface area contributed by atoms with Gasteiger partial charge in [-0.25, -0.2) is 8.42 Å². The van der Waals surface area contributed by atoms with Crippen LogP contribution in [0.2, 0.25) is 0 Å². The van der Waals surface area contributed by atoms with Crippen molar-refractivity contribution in [3.8, 4) is 28.6 Å². The Morgan fingerprint density at radius 3 is 2.19 bits per heavy atom. The number of rotatable bonds is 4. The maximum atomic E-state index is 13.5. The summed E-state index contributed by atoms with van der Waals surface area (Å²) in [6, 6.07) is 21.7. The zero-order valence-corrected chi connectivity index (χ0v) is 18.8. The standard InChI is InChI=1S/C23H16BrN3O3S/c1-26-13-5-8-21(26)19-14-22(16-9-11-17(24)12-10-16)27(23(28)20(19)15-25)31(29,30)18-6-3-2-4-7-18/h2-14H,1H3. The van der Waals surface area contributed by atoms with Crippen LogP contribution in [0.3, 0.4) is 0 Å². The second-order valence-electron chi connectivity index (χ2n) is 6.83. The molecule has 0 radical (unpaired) electrons. The van der Waals surface area contributed by atoms with Gasteiger partial charge in [0.25, 0.3) is 15.6 Å². The zero-order valence-electron chi connectivity index (χ0n) is 16.4. The average molecular weight is 494 g/mol. The minimum atomic E-state index is -4.25. The number of aryl methyl sites for hydroxylation is 1. The molecule has 0 saturated heterocycles. The lowest BCUT2D eigenvalue weighted by molar-refractivity contribution is 0.586. The summed E-state index contributed by atoms with van der Waals surface area (Å²) < 4.78 is 30.3. The van der Waals surface area contributed by atoms with E-state index in [1.165, 1.54) is 12.1 Å². The van der Waals surface area contributed by atoms with E-state index in [4.69, 9.17) is 0 Å². The number of pyridine rings is 1. The number of hydrogen-bond donors (Lipinski definition) is 0. The normalized spacial score (nSPS) is 11.3. The minimum Gasteiger partial charge on any atom is -0.351 e. The van der Waals surface area contributed by atoms with Crippen LogP contribution in [0.15, 0.2) is 93.2 Å². The molecule has 2 aromatic heterocycles. The Hall–Kier alpha value is -3.41. The lowest BCUT2D eigenvalue weighted by atomic mass is 10.0. The summed E-state index contributed by atoms with van der Waals surface area (Å²) in [6.07, 6.45) is 1.79. The second-order valence-corrected chi connectivity index (χ2v) is 9.53. The summed E-state index contributed by atoms with van der Waals surface area (Å²) in [5.41, 5.74) is 0.593. The van der Waals surface area contributed by atoms with Gasteiger partial charge in [0.1, 0.15) is 11.6 Å². The molecular formula is C23H16BrN3O3S. The topological polar surface area (TPSA) is 84.9 Å². The quantitative estimate of drug-likeness (QED) is 0.421. The van der Waals surface area contributed by atoms with Crippen LogP contribution in [0, 0.1) is 11.3 Å². The number of hydrogen-bond acceptors (Lipinski definition) is 4. The molecule has 4 rings (SSSR count). The van der Waals surface area contributed by atoms with Gasteiger partial charge in [0.05, 0.1) is 10.6 Å². The van der Waals surface area contributed by atoms with Crippen molar-refractivity contribution in [1.82, 2.24) is 8.54 Å². The highest BCUT2D eigenvalue weighted by Crippen LogP contribution is 2.30. The molecule has 0 N–H and O–H groups in total. The average Bonchev–Trinajstić information content (AvgIpc) is 3.19. The molecule has 0 aliphatic carbocycles. The van der Waals surface area contributed by atoms with Crippen LogP contribution >= 0.6 is 15.9 Å². The van der Waals surface area contributed by atoms with Crippen molar-refractivity contribution in [2.24, 2.45) is 7.05 Å². The summed E-state index contributed by atoms with van der Waals surface area (Å²) in [7, 11) is -2.46. The third-order valence-corrected chi connectivity index (χ3v) is 7.16. The van der Waals surface area contributed by atoms with E-state index in [-0.39, 0.29) is 16.2 Å². The summed E-state index contributed by atoms with van der Waals surface area (Å²) in [6.45, 7) is 0. The van der Waals surface area contributed by atoms with Crippen LogP contribution in [0.4, 0.5) is 0 Å². The first-order valence-corrected chi connectivity index (χ1v) is 11.5. The first-order chi connectivity index (χ1) is 14.8. The summed E-state index contributed by atoms with van der Waals surface area (Å²) >= 11 is 3.37. The van der Waals surface area contributed by atoms with E-state index in [1.807, 2.05) is 6.07 Å². The highest BCUT2D eigenvalue weighted by molar-refractivity contribution is 9.10. The van der Waals surface area contributed by atoms with Gasteiger partial charge in [-0.15, -0.1) is 0 Å². The number of nitrogens with zero attached hydrogens (tertiary/aromatic N) is 3. The van der Waals surface area contributed by atoms with E-state index < -0.39 is 15.6 Å². The van der Waals surface area contributed by atoms with Crippen LogP contribution < -0.4 is 5.56 Å². The van der Waals surface area contributed by atoms with E-state index >= 15 is 0 Å². The minimum absolute atomic E-state index is 0.0361. The lowest BCUT2D eigenvalue weighted by Crippen LogP contribution is -2.31. The lowest BCUT2D eigenvalue weighted by Gasteiger charge is -2.17. The molecule has 2 aromatic carbocycles. The number of benzene rings is 2. The van der Waals surface area contributed by atoms with Crippen molar-refractivity contribution < 1.29 is 8.42 Å². The molecule has 0 unspecified atom stereocenters. The van der Waals surface area contributed by atoms with Gasteiger partial charge in [-0.3, -0.25) is 4.79 Å². The van der Waals surface area contributed by atoms with Crippen LogP contribution in [0.5, 0.6) is 0 Å². The molecule has 0 aliphatic heterocycles. The smallest absolute Gasteiger partial charge is 0.283 e. The Kier molecular flexibility index (Phi) is 5.39. The predicted octanol–water partition coefficient (Wildman–Crippen LogP) is 4.39. The van der Waals surface area contributed by atoms with Gasteiger partial charge >= 0.3 is 0 Å². The Balaban J connectivity index is 2.14. The van der Waals surface area contributed by atoms with Crippen molar-refractivity contribution >= 4 is 26.0 Å². The van der Waals surface area contributed by atoms with Crippen molar-refractivity contribution in [1.29, 1.82) is 5.26 Å².